The van der Waals surface area contributed by atoms with Crippen molar-refractivity contribution >= 4 is 31.7 Å². The summed E-state index contributed by atoms with van der Waals surface area (Å²) in [7, 11) is -3.30. The number of nitrogens with zero attached hydrogens (tertiary/aromatic N) is 2. The first kappa shape index (κ1) is 20.8. The molecule has 1 aromatic carbocycles. The van der Waals surface area contributed by atoms with Gasteiger partial charge in [-0.1, -0.05) is 12.1 Å². The Bertz CT molecular complexity index is 945. The van der Waals surface area contributed by atoms with E-state index in [0.29, 0.717) is 19.0 Å². The van der Waals surface area contributed by atoms with Crippen LogP contribution < -0.4 is 4.74 Å². The van der Waals surface area contributed by atoms with Crippen LogP contribution in [0.4, 0.5) is 0 Å². The third-order valence-corrected chi connectivity index (χ3v) is 7.50. The molecule has 1 atom stereocenters. The van der Waals surface area contributed by atoms with Gasteiger partial charge in [0, 0.05) is 19.2 Å². The molecule has 2 heterocycles. The molecule has 0 radical (unpaired) electrons. The molecule has 0 aliphatic carbocycles. The zero-order chi connectivity index (χ0) is 20.3. The number of hydrogen-bond acceptors (Lipinski definition) is 5. The molecule has 1 fully saturated rings. The fourth-order valence-corrected chi connectivity index (χ4v) is 4.43. The fourth-order valence-electron chi connectivity index (χ4n) is 3.02. The van der Waals surface area contributed by atoms with Gasteiger partial charge in [-0.05, 0) is 59.6 Å². The summed E-state index contributed by atoms with van der Waals surface area (Å²) in [4.78, 5) is 18.9. The lowest BCUT2D eigenvalue weighted by Crippen LogP contribution is -2.32. The summed E-state index contributed by atoms with van der Waals surface area (Å²) in [5.41, 5.74) is 0.796. The molecule has 1 amide bonds. The highest BCUT2D eigenvalue weighted by molar-refractivity contribution is 9.10. The van der Waals surface area contributed by atoms with Gasteiger partial charge in [-0.15, -0.1) is 0 Å². The molecule has 1 unspecified atom stereocenters. The van der Waals surface area contributed by atoms with E-state index in [1.54, 1.807) is 49.2 Å². The Morgan fingerprint density at radius 2 is 2.00 bits per heavy atom. The van der Waals surface area contributed by atoms with Crippen LogP contribution >= 0.6 is 15.9 Å². The number of aromatic nitrogens is 1. The largest absolute Gasteiger partial charge is 0.472 e. The van der Waals surface area contributed by atoms with Crippen LogP contribution in [0.1, 0.15) is 25.8 Å². The maximum absolute atomic E-state index is 12.6. The van der Waals surface area contributed by atoms with E-state index in [1.165, 1.54) is 0 Å². The molecule has 8 heteroatoms. The molecule has 1 aliphatic heterocycles. The maximum Gasteiger partial charge on any atom is 0.228 e. The lowest BCUT2D eigenvalue weighted by atomic mass is 10.1. The van der Waals surface area contributed by atoms with Crippen LogP contribution in [-0.2, 0) is 21.1 Å². The zero-order valence-electron chi connectivity index (χ0n) is 15.8. The Kier molecular flexibility index (Phi) is 6.40. The SMILES string of the molecule is CC(C)S(=O)(=O)c1ccc(CC(=O)N2CCC(Oc3ncccc3Br)C2)cc1. The number of sulfone groups is 1. The highest BCUT2D eigenvalue weighted by atomic mass is 79.9. The average Bonchev–Trinajstić information content (AvgIpc) is 3.13. The molecule has 150 valence electrons. The van der Waals surface area contributed by atoms with Crippen molar-refractivity contribution in [2.45, 2.75) is 42.9 Å². The van der Waals surface area contributed by atoms with Gasteiger partial charge in [0.05, 0.1) is 27.6 Å². The number of carbonyl (C=O) groups excluding carboxylic acids is 1. The van der Waals surface area contributed by atoms with Gasteiger partial charge < -0.3 is 9.64 Å². The summed E-state index contributed by atoms with van der Waals surface area (Å²) in [6, 6.07) is 10.3. The van der Waals surface area contributed by atoms with E-state index in [0.717, 1.165) is 16.5 Å². The van der Waals surface area contributed by atoms with E-state index >= 15 is 0 Å². The lowest BCUT2D eigenvalue weighted by Gasteiger charge is -2.17. The second-order valence-corrected chi connectivity index (χ2v) is 10.4. The van der Waals surface area contributed by atoms with Gasteiger partial charge >= 0.3 is 0 Å². The number of carbonyl (C=O) groups is 1. The first-order valence-corrected chi connectivity index (χ1v) is 11.5. The Labute approximate surface area is 174 Å². The van der Waals surface area contributed by atoms with E-state index in [4.69, 9.17) is 4.74 Å². The predicted octanol–water partition coefficient (Wildman–Crippen LogP) is 3.25. The third kappa shape index (κ3) is 4.72. The second-order valence-electron chi connectivity index (χ2n) is 7.07. The van der Waals surface area contributed by atoms with Gasteiger partial charge in [0.1, 0.15) is 6.10 Å². The summed E-state index contributed by atoms with van der Waals surface area (Å²) >= 11 is 3.41. The van der Waals surface area contributed by atoms with E-state index < -0.39 is 15.1 Å². The van der Waals surface area contributed by atoms with Crippen LogP contribution in [0.5, 0.6) is 5.88 Å². The van der Waals surface area contributed by atoms with E-state index in [1.807, 2.05) is 12.1 Å². The Hall–Kier alpha value is -1.93. The summed E-state index contributed by atoms with van der Waals surface area (Å²) in [5, 5.41) is -0.472. The predicted molar refractivity (Wildman–Crippen MR) is 110 cm³/mol. The van der Waals surface area contributed by atoms with Crippen molar-refractivity contribution in [3.8, 4) is 5.88 Å². The van der Waals surface area contributed by atoms with Crippen molar-refractivity contribution in [2.75, 3.05) is 13.1 Å². The highest BCUT2D eigenvalue weighted by Crippen LogP contribution is 2.25. The van der Waals surface area contributed by atoms with Gasteiger partial charge in [-0.2, -0.15) is 0 Å². The van der Waals surface area contributed by atoms with Gasteiger partial charge in [0.25, 0.3) is 0 Å². The first-order chi connectivity index (χ1) is 13.3. The van der Waals surface area contributed by atoms with Crippen molar-refractivity contribution in [3.63, 3.8) is 0 Å². The first-order valence-electron chi connectivity index (χ1n) is 9.15. The molecule has 1 aliphatic rings. The number of hydrogen-bond donors (Lipinski definition) is 0. The smallest absolute Gasteiger partial charge is 0.228 e. The normalized spacial score (nSPS) is 17.1. The van der Waals surface area contributed by atoms with Gasteiger partial charge in [0.15, 0.2) is 9.84 Å². The molecule has 3 rings (SSSR count). The Balaban J connectivity index is 1.58. The number of pyridine rings is 1. The van der Waals surface area contributed by atoms with Gasteiger partial charge in [0.2, 0.25) is 11.8 Å². The van der Waals surface area contributed by atoms with Crippen LogP contribution in [-0.4, -0.2) is 48.7 Å². The minimum absolute atomic E-state index is 0.00523. The monoisotopic (exact) mass is 466 g/mol. The zero-order valence-corrected chi connectivity index (χ0v) is 18.2. The summed E-state index contributed by atoms with van der Waals surface area (Å²) in [5.74, 6) is 0.536. The van der Waals surface area contributed by atoms with E-state index in [2.05, 4.69) is 20.9 Å². The molecule has 0 bridgehead atoms. The number of amides is 1. The molecule has 1 aromatic heterocycles. The number of benzene rings is 1. The van der Waals surface area contributed by atoms with Crippen LogP contribution in [0.15, 0.2) is 52.0 Å². The van der Waals surface area contributed by atoms with Gasteiger partial charge in [-0.3, -0.25) is 4.79 Å². The van der Waals surface area contributed by atoms with Gasteiger partial charge in [-0.25, -0.2) is 13.4 Å². The molecular formula is C20H23BrN2O4S. The highest BCUT2D eigenvalue weighted by Gasteiger charge is 2.28. The number of likely N-dealkylation sites (tertiary alicyclic amines) is 1. The van der Waals surface area contributed by atoms with Crippen LogP contribution in [0.2, 0.25) is 0 Å². The molecule has 1 saturated heterocycles. The van der Waals surface area contributed by atoms with Crippen molar-refractivity contribution in [1.29, 1.82) is 0 Å². The Morgan fingerprint density at radius 3 is 2.64 bits per heavy atom. The molecule has 28 heavy (non-hydrogen) atoms. The molecule has 0 spiro atoms. The van der Waals surface area contributed by atoms with Crippen LogP contribution in [0.3, 0.4) is 0 Å². The number of rotatable bonds is 6. The molecule has 0 saturated carbocycles. The quantitative estimate of drug-likeness (QED) is 0.652. The van der Waals surface area contributed by atoms with Crippen molar-refractivity contribution in [1.82, 2.24) is 9.88 Å². The third-order valence-electron chi connectivity index (χ3n) is 4.73. The number of halogens is 1. The standard InChI is InChI=1S/C20H23BrN2O4S/c1-14(2)28(25,26)17-7-5-15(6-8-17)12-19(24)23-11-9-16(13-23)27-20-18(21)4-3-10-22-20/h3-8,10,14,16H,9,11-13H2,1-2H3. The number of ether oxygens (including phenoxy) is 1. The summed E-state index contributed by atoms with van der Waals surface area (Å²) in [6.45, 7) is 4.46. The molecule has 2 aromatic rings. The van der Waals surface area contributed by atoms with Crippen LogP contribution in [0.25, 0.3) is 0 Å². The fraction of sp³-hybridized carbons (Fsp3) is 0.400. The van der Waals surface area contributed by atoms with Crippen molar-refractivity contribution in [2.24, 2.45) is 0 Å². The maximum atomic E-state index is 12.6. The Morgan fingerprint density at radius 1 is 1.29 bits per heavy atom. The average molecular weight is 467 g/mol. The minimum Gasteiger partial charge on any atom is -0.472 e. The van der Waals surface area contributed by atoms with Crippen LogP contribution in [0, 0.1) is 0 Å². The van der Waals surface area contributed by atoms with E-state index in [9.17, 15) is 13.2 Å². The molecule has 0 N–H and O–H groups in total. The van der Waals surface area contributed by atoms with Crippen molar-refractivity contribution < 1.29 is 17.9 Å². The summed E-state index contributed by atoms with van der Waals surface area (Å²) < 4.78 is 31.1. The second kappa shape index (κ2) is 8.61. The topological polar surface area (TPSA) is 76.6 Å². The molecular weight excluding hydrogens is 444 g/mol. The lowest BCUT2D eigenvalue weighted by molar-refractivity contribution is -0.129. The van der Waals surface area contributed by atoms with Crippen molar-refractivity contribution in [3.05, 3.63) is 52.6 Å². The summed E-state index contributed by atoms with van der Waals surface area (Å²) in [6.07, 6.45) is 2.57. The minimum atomic E-state index is -3.30. The van der Waals surface area contributed by atoms with E-state index in [-0.39, 0.29) is 23.3 Å². The molecule has 6 nitrogen and oxygen atoms in total.